The Hall–Kier alpha value is -2.10. The van der Waals surface area contributed by atoms with Crippen molar-refractivity contribution in [2.24, 2.45) is 5.73 Å². The van der Waals surface area contributed by atoms with Crippen LogP contribution < -0.4 is 11.1 Å². The lowest BCUT2D eigenvalue weighted by molar-refractivity contribution is 0.0951. The summed E-state index contributed by atoms with van der Waals surface area (Å²) in [5, 5.41) is 4.57. The normalized spacial score (nSPS) is 9.79. The molecule has 0 aliphatic rings. The Bertz CT molecular complexity index is 634. The molecule has 2 aromatic rings. The molecule has 2 heterocycles. The minimum Gasteiger partial charge on any atom is -0.444 e. The largest absolute Gasteiger partial charge is 0.444 e. The summed E-state index contributed by atoms with van der Waals surface area (Å²) in [4.78, 5) is 16.6. The van der Waals surface area contributed by atoms with E-state index in [2.05, 4.69) is 22.1 Å². The van der Waals surface area contributed by atoms with Gasteiger partial charge in [0.25, 0.3) is 5.91 Å². The summed E-state index contributed by atoms with van der Waals surface area (Å²) in [5.41, 5.74) is 6.01. The number of oxazole rings is 1. The van der Waals surface area contributed by atoms with E-state index in [0.717, 1.165) is 5.76 Å². The van der Waals surface area contributed by atoms with E-state index >= 15 is 0 Å². The Kier molecular flexibility index (Phi) is 4.34. The standard InChI is InChI=1S/C13H13N3O2S/c1-9-7-15-11(18-9)8-16-13(17)12-10(3-2-5-14)4-6-19-12/h4,6-7H,5,8,14H2,1H3,(H,16,17). The summed E-state index contributed by atoms with van der Waals surface area (Å²) in [6.45, 7) is 2.33. The minimum atomic E-state index is -0.188. The predicted octanol–water partition coefficient (Wildman–Crippen LogP) is 1.28. The summed E-state index contributed by atoms with van der Waals surface area (Å²) < 4.78 is 5.28. The molecule has 6 heteroatoms. The highest BCUT2D eigenvalue weighted by Crippen LogP contribution is 2.15. The Morgan fingerprint density at radius 2 is 2.47 bits per heavy atom. The third-order valence-corrected chi connectivity index (χ3v) is 3.18. The Morgan fingerprint density at radius 3 is 3.16 bits per heavy atom. The first-order valence-electron chi connectivity index (χ1n) is 5.66. The van der Waals surface area contributed by atoms with Crippen molar-refractivity contribution in [1.82, 2.24) is 10.3 Å². The van der Waals surface area contributed by atoms with Gasteiger partial charge in [-0.3, -0.25) is 4.79 Å². The fraction of sp³-hybridized carbons (Fsp3) is 0.231. The summed E-state index contributed by atoms with van der Waals surface area (Å²) >= 11 is 1.34. The molecular formula is C13H13N3O2S. The number of nitrogens with two attached hydrogens (primary N) is 1. The van der Waals surface area contributed by atoms with Gasteiger partial charge >= 0.3 is 0 Å². The molecule has 19 heavy (non-hydrogen) atoms. The molecule has 0 spiro atoms. The monoisotopic (exact) mass is 275 g/mol. The van der Waals surface area contributed by atoms with Crippen LogP contribution in [0.2, 0.25) is 0 Å². The van der Waals surface area contributed by atoms with Gasteiger partial charge in [0.05, 0.1) is 19.3 Å². The molecule has 0 fully saturated rings. The third-order valence-electron chi connectivity index (χ3n) is 2.27. The number of hydrogen-bond acceptors (Lipinski definition) is 5. The first kappa shape index (κ1) is 13.3. The van der Waals surface area contributed by atoms with Crippen LogP contribution in [0.5, 0.6) is 0 Å². The highest BCUT2D eigenvalue weighted by atomic mass is 32.1. The average molecular weight is 275 g/mol. The number of rotatable bonds is 3. The molecule has 5 nitrogen and oxygen atoms in total. The second kappa shape index (κ2) is 6.18. The van der Waals surface area contributed by atoms with Gasteiger partial charge in [0.2, 0.25) is 5.89 Å². The van der Waals surface area contributed by atoms with E-state index in [1.165, 1.54) is 11.3 Å². The van der Waals surface area contributed by atoms with Gasteiger partial charge in [-0.15, -0.1) is 11.3 Å². The lowest BCUT2D eigenvalue weighted by atomic mass is 10.2. The highest BCUT2D eigenvalue weighted by Gasteiger charge is 2.12. The molecule has 3 N–H and O–H groups in total. The van der Waals surface area contributed by atoms with Crippen molar-refractivity contribution in [3.63, 3.8) is 0 Å². The van der Waals surface area contributed by atoms with Crippen LogP contribution in [0.15, 0.2) is 22.1 Å². The fourth-order valence-corrected chi connectivity index (χ4v) is 2.21. The zero-order valence-corrected chi connectivity index (χ0v) is 11.2. The van der Waals surface area contributed by atoms with E-state index in [1.54, 1.807) is 19.2 Å². The molecule has 0 saturated carbocycles. The quantitative estimate of drug-likeness (QED) is 0.827. The second-order valence-corrected chi connectivity index (χ2v) is 4.63. The third kappa shape index (κ3) is 3.44. The average Bonchev–Trinajstić information content (AvgIpc) is 3.02. The van der Waals surface area contributed by atoms with Gasteiger partial charge in [-0.05, 0) is 18.4 Å². The van der Waals surface area contributed by atoms with Gasteiger partial charge in [-0.1, -0.05) is 11.8 Å². The van der Waals surface area contributed by atoms with Crippen LogP contribution >= 0.6 is 11.3 Å². The van der Waals surface area contributed by atoms with E-state index in [1.807, 2.05) is 5.38 Å². The molecule has 0 aliphatic carbocycles. The van der Waals surface area contributed by atoms with Crippen LogP contribution in [-0.2, 0) is 6.54 Å². The summed E-state index contributed by atoms with van der Waals surface area (Å²) in [7, 11) is 0. The highest BCUT2D eigenvalue weighted by molar-refractivity contribution is 7.12. The van der Waals surface area contributed by atoms with Gasteiger partial charge in [-0.2, -0.15) is 0 Å². The van der Waals surface area contributed by atoms with Gasteiger partial charge in [0.15, 0.2) is 0 Å². The lowest BCUT2D eigenvalue weighted by Crippen LogP contribution is -2.22. The summed E-state index contributed by atoms with van der Waals surface area (Å²) in [6.07, 6.45) is 1.62. The number of carbonyl (C=O) groups is 1. The van der Waals surface area contributed by atoms with Crippen molar-refractivity contribution in [3.8, 4) is 11.8 Å². The van der Waals surface area contributed by atoms with Crippen molar-refractivity contribution in [3.05, 3.63) is 39.7 Å². The van der Waals surface area contributed by atoms with E-state index < -0.39 is 0 Å². The molecule has 0 aliphatic heterocycles. The molecule has 2 aromatic heterocycles. The number of aryl methyl sites for hydroxylation is 1. The van der Waals surface area contributed by atoms with Crippen LogP contribution in [0.1, 0.15) is 26.9 Å². The van der Waals surface area contributed by atoms with Crippen LogP contribution in [0, 0.1) is 18.8 Å². The second-order valence-electron chi connectivity index (χ2n) is 3.72. The molecule has 2 rings (SSSR count). The maximum absolute atomic E-state index is 12.0. The minimum absolute atomic E-state index is 0.188. The number of nitrogens with one attached hydrogen (secondary N) is 1. The molecule has 1 amide bonds. The molecule has 0 radical (unpaired) electrons. The van der Waals surface area contributed by atoms with Crippen molar-refractivity contribution in [2.45, 2.75) is 13.5 Å². The SMILES string of the molecule is Cc1cnc(CNC(=O)c2sccc2C#CCN)o1. The van der Waals surface area contributed by atoms with Crippen molar-refractivity contribution in [1.29, 1.82) is 0 Å². The first-order valence-corrected chi connectivity index (χ1v) is 6.54. The molecule has 0 aromatic carbocycles. The number of thiophene rings is 1. The fourth-order valence-electron chi connectivity index (χ4n) is 1.45. The van der Waals surface area contributed by atoms with E-state index in [9.17, 15) is 4.79 Å². The van der Waals surface area contributed by atoms with Crippen molar-refractivity contribution >= 4 is 17.2 Å². The first-order chi connectivity index (χ1) is 9.20. The van der Waals surface area contributed by atoms with Crippen LogP contribution in [-0.4, -0.2) is 17.4 Å². The maximum atomic E-state index is 12.0. The molecule has 0 saturated heterocycles. The number of nitrogens with zero attached hydrogens (tertiary/aromatic N) is 1. The molecule has 0 unspecified atom stereocenters. The summed E-state index contributed by atoms with van der Waals surface area (Å²) in [6, 6.07) is 1.80. The molecule has 0 bridgehead atoms. The maximum Gasteiger partial charge on any atom is 0.263 e. The molecule has 98 valence electrons. The van der Waals surface area contributed by atoms with Crippen molar-refractivity contribution < 1.29 is 9.21 Å². The number of carbonyl (C=O) groups excluding carboxylic acids is 1. The smallest absolute Gasteiger partial charge is 0.263 e. The van der Waals surface area contributed by atoms with Gasteiger partial charge in [0.1, 0.15) is 10.6 Å². The lowest BCUT2D eigenvalue weighted by Gasteiger charge is -2.00. The Morgan fingerprint density at radius 1 is 1.63 bits per heavy atom. The van der Waals surface area contributed by atoms with E-state index in [0.29, 0.717) is 16.3 Å². The zero-order chi connectivity index (χ0) is 13.7. The number of amides is 1. The summed E-state index contributed by atoms with van der Waals surface area (Å²) in [5.74, 6) is 6.62. The zero-order valence-electron chi connectivity index (χ0n) is 10.4. The number of hydrogen-bond donors (Lipinski definition) is 2. The number of aromatic nitrogens is 1. The van der Waals surface area contributed by atoms with Gasteiger partial charge in [0, 0.05) is 5.56 Å². The van der Waals surface area contributed by atoms with Gasteiger partial charge in [-0.25, -0.2) is 4.98 Å². The van der Waals surface area contributed by atoms with E-state index in [4.69, 9.17) is 10.2 Å². The Balaban J connectivity index is 2.02. The van der Waals surface area contributed by atoms with Crippen LogP contribution in [0.25, 0.3) is 0 Å². The van der Waals surface area contributed by atoms with E-state index in [-0.39, 0.29) is 19.0 Å². The van der Waals surface area contributed by atoms with Crippen molar-refractivity contribution in [2.75, 3.05) is 6.54 Å². The Labute approximate surface area is 114 Å². The topological polar surface area (TPSA) is 81.2 Å². The molecule has 0 atom stereocenters. The van der Waals surface area contributed by atoms with Crippen LogP contribution in [0.3, 0.4) is 0 Å². The molecular weight excluding hydrogens is 262 g/mol. The van der Waals surface area contributed by atoms with Crippen LogP contribution in [0.4, 0.5) is 0 Å². The predicted molar refractivity (Wildman–Crippen MR) is 72.7 cm³/mol. The van der Waals surface area contributed by atoms with Gasteiger partial charge < -0.3 is 15.5 Å².